The van der Waals surface area contributed by atoms with Crippen LogP contribution in [-0.4, -0.2) is 6.29 Å². The van der Waals surface area contributed by atoms with Crippen molar-refractivity contribution >= 4 is 6.29 Å². The lowest BCUT2D eigenvalue weighted by Crippen LogP contribution is -2.10. The molecule has 104 valence electrons. The van der Waals surface area contributed by atoms with Gasteiger partial charge < -0.3 is 4.74 Å². The Balaban J connectivity index is 2.18. The van der Waals surface area contributed by atoms with Crippen LogP contribution in [0.15, 0.2) is 42.5 Å². The van der Waals surface area contributed by atoms with Crippen molar-refractivity contribution in [2.45, 2.75) is 33.1 Å². The topological polar surface area (TPSA) is 26.3 Å². The summed E-state index contributed by atoms with van der Waals surface area (Å²) in [6.07, 6.45) is 0.858. The number of carbonyl (C=O) groups is 1. The Morgan fingerprint density at radius 2 is 1.55 bits per heavy atom. The van der Waals surface area contributed by atoms with Gasteiger partial charge in [-0.2, -0.15) is 0 Å². The van der Waals surface area contributed by atoms with Crippen molar-refractivity contribution in [3.05, 3.63) is 59.2 Å². The third-order valence-corrected chi connectivity index (χ3v) is 3.32. The van der Waals surface area contributed by atoms with Gasteiger partial charge in [0, 0.05) is 5.56 Å². The summed E-state index contributed by atoms with van der Waals surface area (Å²) in [5.41, 5.74) is 3.03. The number of benzene rings is 2. The summed E-state index contributed by atoms with van der Waals surface area (Å²) in [5, 5.41) is 0. The quantitative estimate of drug-likeness (QED) is 0.740. The van der Waals surface area contributed by atoms with Crippen molar-refractivity contribution < 1.29 is 9.53 Å². The van der Waals surface area contributed by atoms with Crippen LogP contribution in [0, 0.1) is 6.92 Å². The van der Waals surface area contributed by atoms with E-state index < -0.39 is 0 Å². The van der Waals surface area contributed by atoms with Crippen molar-refractivity contribution in [1.82, 2.24) is 0 Å². The van der Waals surface area contributed by atoms with E-state index in [0.717, 1.165) is 23.3 Å². The van der Waals surface area contributed by atoms with Gasteiger partial charge in [0.15, 0.2) is 0 Å². The molecule has 2 aromatic carbocycles. The fraction of sp³-hybridized carbons (Fsp3) is 0.278. The summed E-state index contributed by atoms with van der Waals surface area (Å²) in [6.45, 7) is 8.46. The van der Waals surface area contributed by atoms with E-state index in [0.29, 0.717) is 5.56 Å². The summed E-state index contributed by atoms with van der Waals surface area (Å²) in [6, 6.07) is 13.6. The Bertz CT molecular complexity index is 604. The molecule has 0 heterocycles. The fourth-order valence-electron chi connectivity index (χ4n) is 2.00. The van der Waals surface area contributed by atoms with Gasteiger partial charge in [0.05, 0.1) is 0 Å². The van der Waals surface area contributed by atoms with Crippen molar-refractivity contribution in [3.8, 4) is 11.5 Å². The molecular formula is C18H20O2. The van der Waals surface area contributed by atoms with Gasteiger partial charge in [-0.15, -0.1) is 0 Å². The molecule has 0 saturated heterocycles. The van der Waals surface area contributed by atoms with E-state index in [-0.39, 0.29) is 5.41 Å². The van der Waals surface area contributed by atoms with Crippen LogP contribution in [0.1, 0.15) is 42.3 Å². The molecule has 0 aliphatic heterocycles. The fourth-order valence-corrected chi connectivity index (χ4v) is 2.00. The highest BCUT2D eigenvalue weighted by atomic mass is 16.5. The molecule has 20 heavy (non-hydrogen) atoms. The van der Waals surface area contributed by atoms with Gasteiger partial charge in [-0.25, -0.2) is 0 Å². The van der Waals surface area contributed by atoms with Crippen molar-refractivity contribution in [3.63, 3.8) is 0 Å². The van der Waals surface area contributed by atoms with Gasteiger partial charge in [0.2, 0.25) is 0 Å². The summed E-state index contributed by atoms with van der Waals surface area (Å²) in [4.78, 5) is 10.8. The van der Waals surface area contributed by atoms with E-state index in [1.54, 1.807) is 6.07 Å². The molecule has 0 aliphatic carbocycles. The molecule has 2 nitrogen and oxygen atoms in total. The second-order valence-corrected chi connectivity index (χ2v) is 6.01. The molecule has 0 aromatic heterocycles. The van der Waals surface area contributed by atoms with Crippen LogP contribution in [0.3, 0.4) is 0 Å². The van der Waals surface area contributed by atoms with Gasteiger partial charge in [-0.05, 0) is 53.8 Å². The van der Waals surface area contributed by atoms with Crippen LogP contribution in [-0.2, 0) is 5.41 Å². The molecule has 2 rings (SSSR count). The summed E-state index contributed by atoms with van der Waals surface area (Å²) < 4.78 is 5.81. The predicted molar refractivity (Wildman–Crippen MR) is 81.8 cm³/mol. The molecule has 0 N–H and O–H groups in total. The molecule has 0 radical (unpaired) electrons. The van der Waals surface area contributed by atoms with Crippen LogP contribution >= 0.6 is 0 Å². The highest BCUT2D eigenvalue weighted by Gasteiger charge is 2.13. The molecule has 0 saturated carbocycles. The normalized spacial score (nSPS) is 11.2. The number of rotatable bonds is 3. The third kappa shape index (κ3) is 3.27. The number of aryl methyl sites for hydroxylation is 1. The molecule has 0 aliphatic rings. The Labute approximate surface area is 120 Å². The lowest BCUT2D eigenvalue weighted by Gasteiger charge is -2.19. The van der Waals surface area contributed by atoms with E-state index in [4.69, 9.17) is 4.74 Å². The van der Waals surface area contributed by atoms with Crippen LogP contribution in [0.2, 0.25) is 0 Å². The maximum absolute atomic E-state index is 10.8. The Kier molecular flexibility index (Phi) is 3.93. The average molecular weight is 268 g/mol. The molecule has 0 atom stereocenters. The van der Waals surface area contributed by atoms with Gasteiger partial charge in [-0.1, -0.05) is 32.9 Å². The number of aldehydes is 1. The van der Waals surface area contributed by atoms with Gasteiger partial charge in [0.25, 0.3) is 0 Å². The van der Waals surface area contributed by atoms with Gasteiger partial charge in [-0.3, -0.25) is 4.79 Å². The maximum atomic E-state index is 10.8. The number of hydrogen-bond donors (Lipinski definition) is 0. The first-order valence-electron chi connectivity index (χ1n) is 6.74. The summed E-state index contributed by atoms with van der Waals surface area (Å²) in [5.74, 6) is 1.55. The second kappa shape index (κ2) is 5.49. The van der Waals surface area contributed by atoms with Crippen molar-refractivity contribution in [2.75, 3.05) is 0 Å². The minimum absolute atomic E-state index is 0.140. The molecule has 0 fully saturated rings. The Morgan fingerprint density at radius 3 is 2.05 bits per heavy atom. The molecule has 2 aromatic rings. The van der Waals surface area contributed by atoms with E-state index in [9.17, 15) is 4.79 Å². The number of ether oxygens (including phenoxy) is 1. The zero-order valence-electron chi connectivity index (χ0n) is 12.4. The average Bonchev–Trinajstić information content (AvgIpc) is 2.38. The van der Waals surface area contributed by atoms with Gasteiger partial charge in [0.1, 0.15) is 17.8 Å². The van der Waals surface area contributed by atoms with Crippen LogP contribution in [0.25, 0.3) is 0 Å². The third-order valence-electron chi connectivity index (χ3n) is 3.32. The largest absolute Gasteiger partial charge is 0.457 e. The minimum Gasteiger partial charge on any atom is -0.457 e. The van der Waals surface area contributed by atoms with E-state index >= 15 is 0 Å². The second-order valence-electron chi connectivity index (χ2n) is 6.01. The van der Waals surface area contributed by atoms with Crippen LogP contribution in [0.4, 0.5) is 0 Å². The molecule has 0 bridgehead atoms. The predicted octanol–water partition coefficient (Wildman–Crippen LogP) is 4.90. The Hall–Kier alpha value is -2.09. The highest BCUT2D eigenvalue weighted by molar-refractivity contribution is 5.77. The first-order chi connectivity index (χ1) is 9.40. The van der Waals surface area contributed by atoms with Crippen LogP contribution in [0.5, 0.6) is 11.5 Å². The maximum Gasteiger partial charge on any atom is 0.150 e. The number of hydrogen-bond acceptors (Lipinski definition) is 2. The van der Waals surface area contributed by atoms with E-state index in [1.807, 2.05) is 31.2 Å². The lowest BCUT2D eigenvalue weighted by molar-refractivity contribution is 0.112. The highest BCUT2D eigenvalue weighted by Crippen LogP contribution is 2.27. The smallest absolute Gasteiger partial charge is 0.150 e. The SMILES string of the molecule is Cc1cc(Oc2ccc(C(C)(C)C)cc2)ccc1C=O. The van der Waals surface area contributed by atoms with Crippen molar-refractivity contribution in [2.24, 2.45) is 0 Å². The lowest BCUT2D eigenvalue weighted by atomic mass is 9.87. The molecular weight excluding hydrogens is 248 g/mol. The first-order valence-corrected chi connectivity index (χ1v) is 6.74. The number of carbonyl (C=O) groups excluding carboxylic acids is 1. The zero-order valence-corrected chi connectivity index (χ0v) is 12.4. The zero-order chi connectivity index (χ0) is 14.8. The van der Waals surface area contributed by atoms with Crippen molar-refractivity contribution in [1.29, 1.82) is 0 Å². The summed E-state index contributed by atoms with van der Waals surface area (Å²) >= 11 is 0. The molecule has 2 heteroatoms. The molecule has 0 unspecified atom stereocenters. The van der Waals surface area contributed by atoms with E-state index in [1.165, 1.54) is 5.56 Å². The standard InChI is InChI=1S/C18H20O2/c1-13-11-17(8-5-14(13)12-19)20-16-9-6-15(7-10-16)18(2,3)4/h5-12H,1-4H3. The van der Waals surface area contributed by atoms with E-state index in [2.05, 4.69) is 32.9 Å². The minimum atomic E-state index is 0.140. The van der Waals surface area contributed by atoms with Crippen LogP contribution < -0.4 is 4.74 Å². The monoisotopic (exact) mass is 268 g/mol. The first kappa shape index (κ1) is 14.3. The Morgan fingerprint density at radius 1 is 0.950 bits per heavy atom. The molecule has 0 amide bonds. The van der Waals surface area contributed by atoms with Gasteiger partial charge >= 0.3 is 0 Å². The molecule has 0 spiro atoms. The summed E-state index contributed by atoms with van der Waals surface area (Å²) in [7, 11) is 0.